The zero-order chi connectivity index (χ0) is 35.4. The molecule has 0 radical (unpaired) electrons. The van der Waals surface area contributed by atoms with Crippen molar-refractivity contribution >= 4 is 39.0 Å². The maximum absolute atomic E-state index is 6.40. The Balaban J connectivity index is 0.967. The van der Waals surface area contributed by atoms with Gasteiger partial charge in [-0.2, -0.15) is 0 Å². The average Bonchev–Trinajstić information content (AvgIpc) is 3.74. The van der Waals surface area contributed by atoms with Gasteiger partial charge in [-0.05, 0) is 149 Å². The Morgan fingerprint density at radius 1 is 0.407 bits per heavy atom. The monoisotopic (exact) mass is 695 g/mol. The number of anilines is 3. The zero-order valence-corrected chi connectivity index (χ0v) is 30.3. The van der Waals surface area contributed by atoms with E-state index in [4.69, 9.17) is 4.42 Å². The predicted octanol–water partition coefficient (Wildman–Crippen LogP) is 14.1. The van der Waals surface area contributed by atoms with Gasteiger partial charge in [0.25, 0.3) is 0 Å². The normalized spacial score (nSPS) is 23.3. The molecule has 7 aromatic carbocycles. The molecule has 0 atom stereocenters. The molecule has 2 nitrogen and oxygen atoms in total. The number of hydrogen-bond acceptors (Lipinski definition) is 2. The third-order valence-electron chi connectivity index (χ3n) is 13.8. The second kappa shape index (κ2) is 11.6. The first kappa shape index (κ1) is 30.6. The molecule has 4 bridgehead atoms. The van der Waals surface area contributed by atoms with Crippen LogP contribution in [0.4, 0.5) is 17.1 Å². The first-order valence-electron chi connectivity index (χ1n) is 19.9. The van der Waals surface area contributed by atoms with Gasteiger partial charge in [-0.3, -0.25) is 0 Å². The largest absolute Gasteiger partial charge is 0.456 e. The number of furan rings is 1. The maximum atomic E-state index is 6.40. The van der Waals surface area contributed by atoms with E-state index in [0.717, 1.165) is 62.7 Å². The van der Waals surface area contributed by atoms with Crippen molar-refractivity contribution in [1.82, 2.24) is 0 Å². The Morgan fingerprint density at radius 2 is 1.02 bits per heavy atom. The Morgan fingerprint density at radius 3 is 1.85 bits per heavy atom. The van der Waals surface area contributed by atoms with Gasteiger partial charge in [-0.15, -0.1) is 0 Å². The quantitative estimate of drug-likeness (QED) is 0.178. The van der Waals surface area contributed by atoms with Crippen molar-refractivity contribution in [2.45, 2.75) is 37.5 Å². The van der Waals surface area contributed by atoms with Gasteiger partial charge in [0, 0.05) is 39.3 Å². The summed E-state index contributed by atoms with van der Waals surface area (Å²) in [4.78, 5) is 2.37. The Hall–Kier alpha value is -5.86. The van der Waals surface area contributed by atoms with E-state index in [0.29, 0.717) is 0 Å². The van der Waals surface area contributed by atoms with Crippen LogP contribution in [-0.4, -0.2) is 0 Å². The zero-order valence-electron chi connectivity index (χ0n) is 30.3. The molecule has 2 heteroatoms. The van der Waals surface area contributed by atoms with Gasteiger partial charge in [0.05, 0.1) is 0 Å². The van der Waals surface area contributed by atoms with Crippen molar-refractivity contribution in [1.29, 1.82) is 0 Å². The number of fused-ring (bicyclic) bond motifs is 6. The number of nitrogens with zero attached hydrogens (tertiary/aromatic N) is 1. The SMILES string of the molecule is c1ccc(-c2cccc(N(c3ccc(-c4ccc5c(c4)C4(c6ccccc6-5)C5CC6CC(C5)CC4C6)cc3)c3ccc4c(c3)oc3ccccc34)c2)cc1. The summed E-state index contributed by atoms with van der Waals surface area (Å²) in [5.74, 6) is 3.40. The van der Waals surface area contributed by atoms with Crippen LogP contribution in [0, 0.1) is 23.7 Å². The van der Waals surface area contributed by atoms with E-state index in [1.165, 1.54) is 65.5 Å². The topological polar surface area (TPSA) is 16.4 Å². The lowest BCUT2D eigenvalue weighted by molar-refractivity contribution is -0.0399. The van der Waals surface area contributed by atoms with E-state index in [9.17, 15) is 0 Å². The van der Waals surface area contributed by atoms with E-state index < -0.39 is 0 Å². The van der Waals surface area contributed by atoms with Crippen LogP contribution in [0.2, 0.25) is 0 Å². The van der Waals surface area contributed by atoms with Gasteiger partial charge < -0.3 is 9.32 Å². The fraction of sp³-hybridized carbons (Fsp3) is 0.192. The lowest BCUT2D eigenvalue weighted by atomic mass is 9.43. The summed E-state index contributed by atoms with van der Waals surface area (Å²) in [6, 6.07) is 60.6. The van der Waals surface area contributed by atoms with Crippen LogP contribution in [0.1, 0.15) is 43.2 Å². The second-order valence-electron chi connectivity index (χ2n) is 16.6. The molecule has 8 aromatic rings. The number of para-hydroxylation sites is 1. The number of hydrogen-bond donors (Lipinski definition) is 0. The molecule has 54 heavy (non-hydrogen) atoms. The minimum absolute atomic E-state index is 0.172. The third kappa shape index (κ3) is 4.40. The maximum Gasteiger partial charge on any atom is 0.137 e. The van der Waals surface area contributed by atoms with Crippen LogP contribution in [0.15, 0.2) is 168 Å². The minimum Gasteiger partial charge on any atom is -0.456 e. The molecule has 0 amide bonds. The van der Waals surface area contributed by atoms with Crippen LogP contribution >= 0.6 is 0 Å². The van der Waals surface area contributed by atoms with Crippen LogP contribution in [0.3, 0.4) is 0 Å². The molecule has 1 spiro atoms. The Labute approximate surface area is 316 Å². The molecule has 0 saturated heterocycles. The van der Waals surface area contributed by atoms with E-state index in [2.05, 4.69) is 163 Å². The second-order valence-corrected chi connectivity index (χ2v) is 16.6. The molecule has 260 valence electrons. The summed E-state index contributed by atoms with van der Waals surface area (Å²) in [5, 5.41) is 2.28. The molecule has 1 aromatic heterocycles. The van der Waals surface area contributed by atoms with Crippen LogP contribution in [0.5, 0.6) is 0 Å². The smallest absolute Gasteiger partial charge is 0.137 e. The van der Waals surface area contributed by atoms with Crippen LogP contribution < -0.4 is 4.90 Å². The van der Waals surface area contributed by atoms with Crippen LogP contribution in [0.25, 0.3) is 55.3 Å². The highest BCUT2D eigenvalue weighted by atomic mass is 16.3. The van der Waals surface area contributed by atoms with Gasteiger partial charge in [0.15, 0.2) is 0 Å². The molecular formula is C52H41NO. The highest BCUT2D eigenvalue weighted by Gasteiger charge is 2.61. The molecule has 5 aliphatic carbocycles. The minimum atomic E-state index is 0.172. The fourth-order valence-electron chi connectivity index (χ4n) is 11.9. The summed E-state index contributed by atoms with van der Waals surface area (Å²) in [5.41, 5.74) is 16.5. The molecule has 13 rings (SSSR count). The number of benzene rings is 7. The standard InChI is InChI=1S/C52H41NO/c1-2-9-35(10-3-1)37-11-8-12-42(30-37)53(43-22-24-47-46-14-5-7-16-50(46)54-51(47)32-43)41-20-17-36(18-21-41)38-19-23-45-44-13-4-6-15-48(44)52(49(45)31-38)39-26-33-25-34(28-39)29-40(52)27-33/h1-24,30-34,39-40H,25-29H2. The lowest BCUT2D eigenvalue weighted by Crippen LogP contribution is -2.55. The summed E-state index contributed by atoms with van der Waals surface area (Å²) >= 11 is 0. The van der Waals surface area contributed by atoms with Gasteiger partial charge >= 0.3 is 0 Å². The third-order valence-corrected chi connectivity index (χ3v) is 13.8. The average molecular weight is 696 g/mol. The van der Waals surface area contributed by atoms with Gasteiger partial charge in [-0.25, -0.2) is 0 Å². The summed E-state index contributed by atoms with van der Waals surface area (Å²) in [7, 11) is 0. The van der Waals surface area contributed by atoms with Gasteiger partial charge in [-0.1, -0.05) is 109 Å². The van der Waals surface area contributed by atoms with Crippen molar-refractivity contribution in [2.75, 3.05) is 4.90 Å². The molecule has 0 unspecified atom stereocenters. The molecule has 4 fully saturated rings. The fourth-order valence-corrected chi connectivity index (χ4v) is 11.9. The van der Waals surface area contributed by atoms with Gasteiger partial charge in [0.2, 0.25) is 0 Å². The van der Waals surface area contributed by atoms with Crippen LogP contribution in [-0.2, 0) is 5.41 Å². The summed E-state index contributed by atoms with van der Waals surface area (Å²) < 4.78 is 6.40. The van der Waals surface area contributed by atoms with E-state index >= 15 is 0 Å². The van der Waals surface area contributed by atoms with Crippen molar-refractivity contribution in [3.8, 4) is 33.4 Å². The molecule has 5 aliphatic rings. The molecule has 1 heterocycles. The Kier molecular flexibility index (Phi) is 6.55. The van der Waals surface area contributed by atoms with Crippen molar-refractivity contribution < 1.29 is 4.42 Å². The highest BCUT2D eigenvalue weighted by Crippen LogP contribution is 2.69. The lowest BCUT2D eigenvalue weighted by Gasteiger charge is -2.61. The van der Waals surface area contributed by atoms with E-state index in [1.807, 2.05) is 6.07 Å². The Bertz CT molecular complexity index is 2710. The predicted molar refractivity (Wildman–Crippen MR) is 223 cm³/mol. The summed E-state index contributed by atoms with van der Waals surface area (Å²) in [6.45, 7) is 0. The number of rotatable bonds is 5. The van der Waals surface area contributed by atoms with Crippen molar-refractivity contribution in [3.05, 3.63) is 175 Å². The van der Waals surface area contributed by atoms with Crippen molar-refractivity contribution in [3.63, 3.8) is 0 Å². The highest BCUT2D eigenvalue weighted by molar-refractivity contribution is 6.06. The van der Waals surface area contributed by atoms with Gasteiger partial charge in [0.1, 0.15) is 11.2 Å². The van der Waals surface area contributed by atoms with E-state index in [1.54, 1.807) is 11.1 Å². The summed E-state index contributed by atoms with van der Waals surface area (Å²) in [6.07, 6.45) is 7.09. The first-order chi connectivity index (χ1) is 26.7. The molecule has 0 N–H and O–H groups in total. The first-order valence-corrected chi connectivity index (χ1v) is 19.9. The molecule has 4 saturated carbocycles. The molecular weight excluding hydrogens is 655 g/mol. The van der Waals surface area contributed by atoms with Crippen molar-refractivity contribution in [2.24, 2.45) is 23.7 Å². The van der Waals surface area contributed by atoms with E-state index in [-0.39, 0.29) is 5.41 Å². The molecule has 0 aliphatic heterocycles.